The molecular weight excluding hydrogens is 296 g/mol. The molecule has 1 rings (SSSR count). The van der Waals surface area contributed by atoms with Crippen LogP contribution < -0.4 is 16.2 Å². The first-order valence-corrected chi connectivity index (χ1v) is 6.71. The Bertz CT molecular complexity index is 410. The van der Waals surface area contributed by atoms with E-state index in [9.17, 15) is 4.79 Å². The van der Waals surface area contributed by atoms with Gasteiger partial charge in [-0.05, 0) is 46.5 Å². The molecular formula is C13H19BrN2O2. The second-order valence-electron chi connectivity index (χ2n) is 4.21. The zero-order chi connectivity index (χ0) is 13.5. The third-order valence-corrected chi connectivity index (χ3v) is 3.41. The average Bonchev–Trinajstić information content (AvgIpc) is 2.34. The average molecular weight is 315 g/mol. The molecule has 1 aromatic carbocycles. The molecule has 18 heavy (non-hydrogen) atoms. The van der Waals surface area contributed by atoms with Crippen LogP contribution in [0, 0.1) is 0 Å². The van der Waals surface area contributed by atoms with Gasteiger partial charge in [-0.15, -0.1) is 0 Å². The van der Waals surface area contributed by atoms with E-state index in [1.165, 1.54) is 0 Å². The van der Waals surface area contributed by atoms with E-state index in [4.69, 9.17) is 16.2 Å². The Morgan fingerprint density at radius 2 is 2.17 bits per heavy atom. The first kappa shape index (κ1) is 15.0. The number of nitrogens with two attached hydrogens (primary N) is 2. The summed E-state index contributed by atoms with van der Waals surface area (Å²) in [6, 6.07) is 5.79. The summed E-state index contributed by atoms with van der Waals surface area (Å²) in [6.07, 6.45) is 2.96. The first-order chi connectivity index (χ1) is 8.54. The molecule has 4 N–H and O–H groups in total. The summed E-state index contributed by atoms with van der Waals surface area (Å²) < 4.78 is 6.06. The van der Waals surface area contributed by atoms with Gasteiger partial charge in [0.2, 0.25) is 5.91 Å². The SMILES string of the molecule is COc1ccc(C(N)CCCCC(N)=O)cc1Br. The highest BCUT2D eigenvalue weighted by Gasteiger charge is 2.09. The maximum Gasteiger partial charge on any atom is 0.217 e. The maximum absolute atomic E-state index is 10.6. The van der Waals surface area contributed by atoms with Crippen LogP contribution in [-0.2, 0) is 4.79 Å². The first-order valence-electron chi connectivity index (χ1n) is 5.92. The van der Waals surface area contributed by atoms with Gasteiger partial charge in [0.05, 0.1) is 11.6 Å². The van der Waals surface area contributed by atoms with Crippen LogP contribution in [-0.4, -0.2) is 13.0 Å². The fraction of sp³-hybridized carbons (Fsp3) is 0.462. The van der Waals surface area contributed by atoms with Gasteiger partial charge in [0.1, 0.15) is 5.75 Å². The van der Waals surface area contributed by atoms with E-state index in [1.807, 2.05) is 18.2 Å². The Morgan fingerprint density at radius 3 is 2.72 bits per heavy atom. The van der Waals surface area contributed by atoms with Gasteiger partial charge in [-0.2, -0.15) is 0 Å². The Morgan fingerprint density at radius 1 is 1.44 bits per heavy atom. The second-order valence-corrected chi connectivity index (χ2v) is 5.07. The van der Waals surface area contributed by atoms with Gasteiger partial charge in [0.15, 0.2) is 0 Å². The number of carbonyl (C=O) groups is 1. The molecule has 0 saturated heterocycles. The lowest BCUT2D eigenvalue weighted by Gasteiger charge is -2.13. The van der Waals surface area contributed by atoms with Crippen molar-refractivity contribution in [2.75, 3.05) is 7.11 Å². The van der Waals surface area contributed by atoms with E-state index in [2.05, 4.69) is 15.9 Å². The molecule has 1 atom stereocenters. The molecule has 0 aliphatic heterocycles. The topological polar surface area (TPSA) is 78.3 Å². The van der Waals surface area contributed by atoms with E-state index in [1.54, 1.807) is 7.11 Å². The highest BCUT2D eigenvalue weighted by Crippen LogP contribution is 2.28. The normalized spacial score (nSPS) is 12.2. The third-order valence-electron chi connectivity index (χ3n) is 2.79. The third kappa shape index (κ3) is 4.66. The zero-order valence-corrected chi connectivity index (χ0v) is 12.1. The molecule has 1 amide bonds. The summed E-state index contributed by atoms with van der Waals surface area (Å²) in [5.74, 6) is 0.537. The van der Waals surface area contributed by atoms with Crippen LogP contribution in [0.25, 0.3) is 0 Å². The van der Waals surface area contributed by atoms with Crippen LogP contribution in [0.4, 0.5) is 0 Å². The molecule has 0 heterocycles. The fourth-order valence-electron chi connectivity index (χ4n) is 1.74. The van der Waals surface area contributed by atoms with E-state index < -0.39 is 0 Å². The van der Waals surface area contributed by atoms with E-state index in [0.717, 1.165) is 35.0 Å². The van der Waals surface area contributed by atoms with Crippen molar-refractivity contribution in [1.82, 2.24) is 0 Å². The molecule has 0 fully saturated rings. The fourth-order valence-corrected chi connectivity index (χ4v) is 2.30. The summed E-state index contributed by atoms with van der Waals surface area (Å²) in [5, 5.41) is 0. The number of rotatable bonds is 7. The smallest absolute Gasteiger partial charge is 0.217 e. The lowest BCUT2D eigenvalue weighted by Crippen LogP contribution is -2.12. The number of amides is 1. The van der Waals surface area contributed by atoms with E-state index in [0.29, 0.717) is 6.42 Å². The molecule has 0 aliphatic rings. The van der Waals surface area contributed by atoms with Crippen LogP contribution in [0.15, 0.2) is 22.7 Å². The minimum Gasteiger partial charge on any atom is -0.496 e. The number of primary amides is 1. The van der Waals surface area contributed by atoms with Crippen LogP contribution in [0.1, 0.15) is 37.3 Å². The van der Waals surface area contributed by atoms with Crippen molar-refractivity contribution in [1.29, 1.82) is 0 Å². The quantitative estimate of drug-likeness (QED) is 0.759. The maximum atomic E-state index is 10.6. The molecule has 0 spiro atoms. The van der Waals surface area contributed by atoms with Gasteiger partial charge in [-0.1, -0.05) is 12.5 Å². The number of carbonyl (C=O) groups excluding carboxylic acids is 1. The van der Waals surface area contributed by atoms with Crippen LogP contribution in [0.3, 0.4) is 0 Å². The van der Waals surface area contributed by atoms with Crippen molar-refractivity contribution >= 4 is 21.8 Å². The molecule has 0 radical (unpaired) electrons. The van der Waals surface area contributed by atoms with Crippen molar-refractivity contribution in [3.05, 3.63) is 28.2 Å². The predicted octanol–water partition coefficient (Wildman–Crippen LogP) is 2.50. The molecule has 0 aromatic heterocycles. The highest BCUT2D eigenvalue weighted by atomic mass is 79.9. The number of hydrogen-bond acceptors (Lipinski definition) is 3. The van der Waals surface area contributed by atoms with Gasteiger partial charge in [-0.3, -0.25) is 4.79 Å². The minimum atomic E-state index is -0.254. The van der Waals surface area contributed by atoms with Crippen LogP contribution >= 0.6 is 15.9 Å². The summed E-state index contributed by atoms with van der Waals surface area (Å²) in [4.78, 5) is 10.6. The Labute approximate surface area is 116 Å². The predicted molar refractivity (Wildman–Crippen MR) is 75.3 cm³/mol. The van der Waals surface area contributed by atoms with Crippen molar-refractivity contribution in [3.63, 3.8) is 0 Å². The molecule has 0 saturated carbocycles. The standard InChI is InChI=1S/C13H19BrN2O2/c1-18-12-7-6-9(8-10(12)14)11(15)4-2-3-5-13(16)17/h6-8,11H,2-5,15H2,1H3,(H2,16,17). The Kier molecular flexibility index (Phi) is 6.15. The lowest BCUT2D eigenvalue weighted by atomic mass is 10.0. The molecule has 4 nitrogen and oxygen atoms in total. The second kappa shape index (κ2) is 7.38. The molecule has 100 valence electrons. The molecule has 5 heteroatoms. The summed E-state index contributed by atoms with van der Waals surface area (Å²) in [5.41, 5.74) is 12.2. The van der Waals surface area contributed by atoms with Gasteiger partial charge in [0, 0.05) is 12.5 Å². The zero-order valence-electron chi connectivity index (χ0n) is 10.5. The number of benzene rings is 1. The number of unbranched alkanes of at least 4 members (excludes halogenated alkanes) is 1. The van der Waals surface area contributed by atoms with Crippen LogP contribution in [0.2, 0.25) is 0 Å². The van der Waals surface area contributed by atoms with Crippen molar-refractivity contribution in [3.8, 4) is 5.75 Å². The van der Waals surface area contributed by atoms with Gasteiger partial charge < -0.3 is 16.2 Å². The van der Waals surface area contributed by atoms with Crippen molar-refractivity contribution in [2.45, 2.75) is 31.7 Å². The Balaban J connectivity index is 2.48. The van der Waals surface area contributed by atoms with Gasteiger partial charge in [0.25, 0.3) is 0 Å². The number of hydrogen-bond donors (Lipinski definition) is 2. The molecule has 0 bridgehead atoms. The van der Waals surface area contributed by atoms with Gasteiger partial charge >= 0.3 is 0 Å². The minimum absolute atomic E-state index is 0.0277. The summed E-state index contributed by atoms with van der Waals surface area (Å²) in [7, 11) is 1.63. The lowest BCUT2D eigenvalue weighted by molar-refractivity contribution is -0.118. The largest absolute Gasteiger partial charge is 0.496 e. The van der Waals surface area contributed by atoms with Gasteiger partial charge in [-0.25, -0.2) is 0 Å². The summed E-state index contributed by atoms with van der Waals surface area (Å²) >= 11 is 3.43. The Hall–Kier alpha value is -1.07. The van der Waals surface area contributed by atoms with E-state index >= 15 is 0 Å². The molecule has 0 aliphatic carbocycles. The van der Waals surface area contributed by atoms with Crippen molar-refractivity contribution in [2.24, 2.45) is 11.5 Å². The monoisotopic (exact) mass is 314 g/mol. The van der Waals surface area contributed by atoms with Crippen LogP contribution in [0.5, 0.6) is 5.75 Å². The van der Waals surface area contributed by atoms with E-state index in [-0.39, 0.29) is 11.9 Å². The molecule has 1 aromatic rings. The van der Waals surface area contributed by atoms with Crippen molar-refractivity contribution < 1.29 is 9.53 Å². The summed E-state index contributed by atoms with van der Waals surface area (Å²) in [6.45, 7) is 0. The molecule has 1 unspecified atom stereocenters. The number of ether oxygens (including phenoxy) is 1. The number of methoxy groups -OCH3 is 1. The highest BCUT2D eigenvalue weighted by molar-refractivity contribution is 9.10. The number of halogens is 1.